The maximum atomic E-state index is 11.0. The predicted molar refractivity (Wildman–Crippen MR) is 76.9 cm³/mol. The first kappa shape index (κ1) is 14.1. The number of aryl methyl sites for hydroxylation is 1. The third-order valence-electron chi connectivity index (χ3n) is 3.37. The number of hydrogen-bond acceptors (Lipinski definition) is 5. The molecule has 2 rings (SSSR count). The molecule has 0 aromatic carbocycles. The average Bonchev–Trinajstić information content (AvgIpc) is 2.38. The number of carboxylic acid groups (broad SMARTS) is 1. The number of rotatable bonds is 4. The molecule has 0 amide bonds. The second-order valence-electron chi connectivity index (χ2n) is 4.89. The quantitative estimate of drug-likeness (QED) is 0.883. The molecule has 6 heteroatoms. The Morgan fingerprint density at radius 1 is 1.47 bits per heavy atom. The highest BCUT2D eigenvalue weighted by atomic mass is 32.2. The summed E-state index contributed by atoms with van der Waals surface area (Å²) in [6.07, 6.45) is 6.77. The Bertz CT molecular complexity index is 467. The summed E-state index contributed by atoms with van der Waals surface area (Å²) < 4.78 is 0. The highest BCUT2D eigenvalue weighted by Gasteiger charge is 2.22. The number of thioether (sulfide) groups is 1. The van der Waals surface area contributed by atoms with Gasteiger partial charge in [0.2, 0.25) is 5.95 Å². The summed E-state index contributed by atoms with van der Waals surface area (Å²) in [6, 6.07) is 1.83. The number of nitrogens with one attached hydrogen (secondary N) is 1. The van der Waals surface area contributed by atoms with Gasteiger partial charge in [0.05, 0.1) is 0 Å². The van der Waals surface area contributed by atoms with Crippen LogP contribution in [0.25, 0.3) is 0 Å². The van der Waals surface area contributed by atoms with Crippen molar-refractivity contribution in [2.75, 3.05) is 11.6 Å². The topological polar surface area (TPSA) is 75.1 Å². The van der Waals surface area contributed by atoms with Gasteiger partial charge in [0.15, 0.2) is 5.69 Å². The molecule has 2 unspecified atom stereocenters. The van der Waals surface area contributed by atoms with Crippen molar-refractivity contribution in [3.63, 3.8) is 0 Å². The molecule has 1 aromatic heterocycles. The van der Waals surface area contributed by atoms with Crippen LogP contribution in [0.1, 0.15) is 41.9 Å². The maximum Gasteiger partial charge on any atom is 0.354 e. The van der Waals surface area contributed by atoms with Crippen molar-refractivity contribution in [1.82, 2.24) is 9.97 Å². The number of aromatic carboxylic acids is 1. The molecule has 5 nitrogen and oxygen atoms in total. The van der Waals surface area contributed by atoms with Crippen LogP contribution in [-0.4, -0.2) is 38.6 Å². The van der Waals surface area contributed by atoms with E-state index in [2.05, 4.69) is 21.5 Å². The summed E-state index contributed by atoms with van der Waals surface area (Å²) in [5, 5.41) is 13.0. The Morgan fingerprint density at radius 2 is 2.26 bits per heavy atom. The molecule has 1 aliphatic carbocycles. The number of aromatic nitrogens is 2. The lowest BCUT2D eigenvalue weighted by Gasteiger charge is -2.28. The predicted octanol–water partition coefficient (Wildman–Crippen LogP) is 2.57. The zero-order valence-electron chi connectivity index (χ0n) is 11.2. The van der Waals surface area contributed by atoms with Crippen LogP contribution in [0.4, 0.5) is 5.95 Å². The van der Waals surface area contributed by atoms with Crippen LogP contribution in [0.5, 0.6) is 0 Å². The molecular weight excluding hydrogens is 262 g/mol. The Balaban J connectivity index is 2.08. The normalized spacial score (nSPS) is 23.1. The van der Waals surface area contributed by atoms with E-state index in [4.69, 9.17) is 5.11 Å². The van der Waals surface area contributed by atoms with Crippen LogP contribution in [0, 0.1) is 6.92 Å². The number of carbonyl (C=O) groups is 1. The van der Waals surface area contributed by atoms with E-state index in [0.29, 0.717) is 22.9 Å². The van der Waals surface area contributed by atoms with Crippen molar-refractivity contribution in [3.8, 4) is 0 Å². The van der Waals surface area contributed by atoms with Crippen molar-refractivity contribution >= 4 is 23.7 Å². The molecule has 0 spiro atoms. The molecule has 2 atom stereocenters. The molecule has 0 radical (unpaired) electrons. The van der Waals surface area contributed by atoms with Gasteiger partial charge in [-0.15, -0.1) is 0 Å². The minimum absolute atomic E-state index is 0.0484. The van der Waals surface area contributed by atoms with Crippen LogP contribution in [0.3, 0.4) is 0 Å². The Labute approximate surface area is 117 Å². The molecule has 1 aromatic rings. The van der Waals surface area contributed by atoms with E-state index in [9.17, 15) is 4.79 Å². The molecule has 0 saturated heterocycles. The number of hydrogen-bond donors (Lipinski definition) is 2. The molecule has 1 fully saturated rings. The molecule has 1 aliphatic rings. The molecule has 0 aliphatic heterocycles. The molecule has 0 bridgehead atoms. The maximum absolute atomic E-state index is 11.0. The summed E-state index contributed by atoms with van der Waals surface area (Å²) in [4.78, 5) is 19.3. The summed E-state index contributed by atoms with van der Waals surface area (Å²) in [5.41, 5.74) is 0.722. The standard InChI is InChI=1S/C13H19N3O2S/c1-8-6-11(12(17)18)16-13(14-8)15-9-4-3-5-10(7-9)19-2/h6,9-10H,3-5,7H2,1-2H3,(H,17,18)(H,14,15,16). The fourth-order valence-corrected chi connectivity index (χ4v) is 3.24. The van der Waals surface area contributed by atoms with Gasteiger partial charge in [-0.25, -0.2) is 14.8 Å². The van der Waals surface area contributed by atoms with E-state index in [1.165, 1.54) is 18.9 Å². The Kier molecular flexibility index (Phi) is 4.63. The van der Waals surface area contributed by atoms with Gasteiger partial charge in [0.25, 0.3) is 0 Å². The van der Waals surface area contributed by atoms with Gasteiger partial charge in [0, 0.05) is 17.0 Å². The van der Waals surface area contributed by atoms with Gasteiger partial charge in [-0.3, -0.25) is 0 Å². The van der Waals surface area contributed by atoms with Crippen molar-refractivity contribution in [1.29, 1.82) is 0 Å². The van der Waals surface area contributed by atoms with E-state index < -0.39 is 5.97 Å². The minimum Gasteiger partial charge on any atom is -0.477 e. The SMILES string of the molecule is CSC1CCCC(Nc2nc(C)cc(C(=O)O)n2)C1. The van der Waals surface area contributed by atoms with Gasteiger partial charge in [0.1, 0.15) is 0 Å². The molecule has 104 valence electrons. The third-order valence-corrected chi connectivity index (χ3v) is 4.46. The van der Waals surface area contributed by atoms with Gasteiger partial charge in [-0.1, -0.05) is 6.42 Å². The smallest absolute Gasteiger partial charge is 0.354 e. The molecule has 2 N–H and O–H groups in total. The van der Waals surface area contributed by atoms with E-state index in [-0.39, 0.29) is 5.69 Å². The van der Waals surface area contributed by atoms with E-state index in [1.54, 1.807) is 6.92 Å². The zero-order chi connectivity index (χ0) is 13.8. The van der Waals surface area contributed by atoms with Crippen LogP contribution in [0.15, 0.2) is 6.07 Å². The molecule has 1 heterocycles. The fraction of sp³-hybridized carbons (Fsp3) is 0.615. The summed E-state index contributed by atoms with van der Waals surface area (Å²) in [7, 11) is 0. The monoisotopic (exact) mass is 281 g/mol. The average molecular weight is 281 g/mol. The Hall–Kier alpha value is -1.30. The number of carboxylic acids is 1. The largest absolute Gasteiger partial charge is 0.477 e. The molecular formula is C13H19N3O2S. The van der Waals surface area contributed by atoms with Crippen molar-refractivity contribution in [3.05, 3.63) is 17.5 Å². The second kappa shape index (κ2) is 6.23. The number of anilines is 1. The van der Waals surface area contributed by atoms with Gasteiger partial charge >= 0.3 is 5.97 Å². The lowest BCUT2D eigenvalue weighted by atomic mass is 9.95. The Morgan fingerprint density at radius 3 is 2.95 bits per heavy atom. The fourth-order valence-electron chi connectivity index (χ4n) is 2.42. The molecule has 1 saturated carbocycles. The highest BCUT2D eigenvalue weighted by Crippen LogP contribution is 2.28. The third kappa shape index (κ3) is 3.83. The van der Waals surface area contributed by atoms with Gasteiger partial charge in [-0.05, 0) is 38.5 Å². The first-order valence-electron chi connectivity index (χ1n) is 6.47. The lowest BCUT2D eigenvalue weighted by molar-refractivity contribution is 0.0690. The van der Waals surface area contributed by atoms with Crippen molar-refractivity contribution in [2.45, 2.75) is 43.9 Å². The number of nitrogens with zero attached hydrogens (tertiary/aromatic N) is 2. The second-order valence-corrected chi connectivity index (χ2v) is 6.03. The molecule has 19 heavy (non-hydrogen) atoms. The summed E-state index contributed by atoms with van der Waals surface area (Å²) in [5.74, 6) is -0.580. The summed E-state index contributed by atoms with van der Waals surface area (Å²) >= 11 is 1.90. The first-order chi connectivity index (χ1) is 9.08. The van der Waals surface area contributed by atoms with E-state index in [0.717, 1.165) is 12.8 Å². The highest BCUT2D eigenvalue weighted by molar-refractivity contribution is 7.99. The zero-order valence-corrected chi connectivity index (χ0v) is 12.0. The van der Waals surface area contributed by atoms with Gasteiger partial charge < -0.3 is 10.4 Å². The van der Waals surface area contributed by atoms with Crippen LogP contribution in [-0.2, 0) is 0 Å². The lowest BCUT2D eigenvalue weighted by Crippen LogP contribution is -2.29. The summed E-state index contributed by atoms with van der Waals surface area (Å²) in [6.45, 7) is 1.78. The van der Waals surface area contributed by atoms with Crippen LogP contribution in [0.2, 0.25) is 0 Å². The van der Waals surface area contributed by atoms with Crippen LogP contribution >= 0.6 is 11.8 Å². The van der Waals surface area contributed by atoms with Crippen molar-refractivity contribution < 1.29 is 9.90 Å². The first-order valence-corrected chi connectivity index (χ1v) is 7.75. The van der Waals surface area contributed by atoms with Gasteiger partial charge in [-0.2, -0.15) is 11.8 Å². The van der Waals surface area contributed by atoms with Crippen molar-refractivity contribution in [2.24, 2.45) is 0 Å². The van der Waals surface area contributed by atoms with E-state index in [1.807, 2.05) is 11.8 Å². The van der Waals surface area contributed by atoms with E-state index >= 15 is 0 Å². The minimum atomic E-state index is -1.01. The van der Waals surface area contributed by atoms with Crippen LogP contribution < -0.4 is 5.32 Å².